The van der Waals surface area contributed by atoms with Gasteiger partial charge in [0.2, 0.25) is 0 Å². The van der Waals surface area contributed by atoms with Crippen LogP contribution in [0.15, 0.2) is 40.8 Å². The molecule has 0 radical (unpaired) electrons. The average Bonchev–Trinajstić information content (AvgIpc) is 3.03. The number of hydrogen-bond donors (Lipinski definition) is 1. The summed E-state index contributed by atoms with van der Waals surface area (Å²) in [4.78, 5) is 11.9. The number of hydrogen-bond acceptors (Lipinski definition) is 4. The van der Waals surface area contributed by atoms with E-state index in [1.165, 1.54) is 0 Å². The second-order valence-electron chi connectivity index (χ2n) is 4.81. The van der Waals surface area contributed by atoms with Crippen molar-refractivity contribution in [1.82, 2.24) is 5.32 Å². The predicted octanol–water partition coefficient (Wildman–Crippen LogP) is 3.67. The molecule has 2 rings (SSSR count). The second-order valence-corrected chi connectivity index (χ2v) is 5.25. The van der Waals surface area contributed by atoms with Crippen LogP contribution in [0.5, 0.6) is 5.75 Å². The van der Waals surface area contributed by atoms with Gasteiger partial charge in [0, 0.05) is 24.8 Å². The first-order chi connectivity index (χ1) is 11.2. The molecule has 23 heavy (non-hydrogen) atoms. The molecule has 1 N–H and O–H groups in total. The Labute approximate surface area is 140 Å². The van der Waals surface area contributed by atoms with Crippen LogP contribution >= 0.6 is 11.6 Å². The van der Waals surface area contributed by atoms with Crippen molar-refractivity contribution in [3.05, 3.63) is 52.9 Å². The molecule has 5 nitrogen and oxygen atoms in total. The van der Waals surface area contributed by atoms with Crippen molar-refractivity contribution < 1.29 is 18.7 Å². The number of benzene rings is 1. The second kappa shape index (κ2) is 9.22. The minimum Gasteiger partial charge on any atom is -0.486 e. The highest BCUT2D eigenvalue weighted by Crippen LogP contribution is 2.17. The molecular formula is C17H20ClNO4. The predicted molar refractivity (Wildman–Crippen MR) is 87.9 cm³/mol. The summed E-state index contributed by atoms with van der Waals surface area (Å²) < 4.78 is 16.2. The lowest BCUT2D eigenvalue weighted by Gasteiger charge is -2.04. The molecule has 124 valence electrons. The lowest BCUT2D eigenvalue weighted by atomic mass is 10.3. The lowest BCUT2D eigenvalue weighted by molar-refractivity contribution is 0.0913. The van der Waals surface area contributed by atoms with E-state index in [0.29, 0.717) is 36.3 Å². The van der Waals surface area contributed by atoms with E-state index in [-0.39, 0.29) is 18.3 Å². The summed E-state index contributed by atoms with van der Waals surface area (Å²) in [6.45, 7) is 4.06. The maximum absolute atomic E-state index is 11.9. The van der Waals surface area contributed by atoms with Gasteiger partial charge in [-0.1, -0.05) is 11.6 Å². The molecule has 0 fully saturated rings. The van der Waals surface area contributed by atoms with Gasteiger partial charge >= 0.3 is 0 Å². The van der Waals surface area contributed by atoms with Crippen molar-refractivity contribution in [2.45, 2.75) is 20.0 Å². The van der Waals surface area contributed by atoms with E-state index in [0.717, 1.165) is 6.42 Å². The van der Waals surface area contributed by atoms with Crippen molar-refractivity contribution in [3.8, 4) is 5.75 Å². The Bertz CT molecular complexity index is 609. The molecule has 0 saturated heterocycles. The first kappa shape index (κ1) is 17.4. The van der Waals surface area contributed by atoms with Crippen LogP contribution in [0, 0.1) is 0 Å². The number of carbonyl (C=O) groups excluding carboxylic acids is 1. The Morgan fingerprint density at radius 2 is 2.00 bits per heavy atom. The lowest BCUT2D eigenvalue weighted by Crippen LogP contribution is -2.24. The van der Waals surface area contributed by atoms with E-state index in [2.05, 4.69) is 5.32 Å². The Hall–Kier alpha value is -1.98. The van der Waals surface area contributed by atoms with Gasteiger partial charge in [-0.05, 0) is 49.7 Å². The normalized spacial score (nSPS) is 10.5. The van der Waals surface area contributed by atoms with E-state index in [1.807, 2.05) is 6.92 Å². The van der Waals surface area contributed by atoms with Crippen LogP contribution in [0.1, 0.15) is 29.7 Å². The number of ether oxygens (including phenoxy) is 2. The molecule has 1 aromatic heterocycles. The quantitative estimate of drug-likeness (QED) is 0.709. The van der Waals surface area contributed by atoms with Crippen molar-refractivity contribution in [1.29, 1.82) is 0 Å². The van der Waals surface area contributed by atoms with Gasteiger partial charge in [0.15, 0.2) is 5.76 Å². The monoisotopic (exact) mass is 337 g/mol. The molecule has 0 aliphatic carbocycles. The Morgan fingerprint density at radius 1 is 1.22 bits per heavy atom. The van der Waals surface area contributed by atoms with Crippen LogP contribution in [-0.4, -0.2) is 25.7 Å². The SMILES string of the molecule is CCOCCCNC(=O)c1ccc(COc2ccc(Cl)cc2)o1. The van der Waals surface area contributed by atoms with Gasteiger partial charge in [-0.3, -0.25) is 4.79 Å². The van der Waals surface area contributed by atoms with E-state index in [1.54, 1.807) is 36.4 Å². The van der Waals surface area contributed by atoms with E-state index in [4.69, 9.17) is 25.5 Å². The van der Waals surface area contributed by atoms with Crippen LogP contribution in [0.3, 0.4) is 0 Å². The number of furan rings is 1. The third kappa shape index (κ3) is 5.96. The summed E-state index contributed by atoms with van der Waals surface area (Å²) in [5, 5.41) is 3.43. The fraction of sp³-hybridized carbons (Fsp3) is 0.353. The number of nitrogens with one attached hydrogen (secondary N) is 1. The minimum atomic E-state index is -0.237. The van der Waals surface area contributed by atoms with E-state index >= 15 is 0 Å². The molecule has 0 unspecified atom stereocenters. The highest BCUT2D eigenvalue weighted by atomic mass is 35.5. The highest BCUT2D eigenvalue weighted by Gasteiger charge is 2.11. The molecule has 0 aliphatic heterocycles. The Morgan fingerprint density at radius 3 is 2.74 bits per heavy atom. The molecule has 0 saturated carbocycles. The van der Waals surface area contributed by atoms with Gasteiger partial charge < -0.3 is 19.2 Å². The van der Waals surface area contributed by atoms with Gasteiger partial charge in [0.1, 0.15) is 18.1 Å². The molecular weight excluding hydrogens is 318 g/mol. The largest absolute Gasteiger partial charge is 0.486 e. The van der Waals surface area contributed by atoms with Gasteiger partial charge in [-0.15, -0.1) is 0 Å². The van der Waals surface area contributed by atoms with Crippen molar-refractivity contribution in [3.63, 3.8) is 0 Å². The van der Waals surface area contributed by atoms with Gasteiger partial charge in [-0.25, -0.2) is 0 Å². The van der Waals surface area contributed by atoms with Crippen LogP contribution in [0.25, 0.3) is 0 Å². The maximum atomic E-state index is 11.9. The summed E-state index contributed by atoms with van der Waals surface area (Å²) in [7, 11) is 0. The number of amides is 1. The van der Waals surface area contributed by atoms with E-state index < -0.39 is 0 Å². The van der Waals surface area contributed by atoms with Crippen LogP contribution in [0.2, 0.25) is 5.02 Å². The maximum Gasteiger partial charge on any atom is 0.286 e. The first-order valence-electron chi connectivity index (χ1n) is 7.52. The van der Waals surface area contributed by atoms with Crippen molar-refractivity contribution in [2.75, 3.05) is 19.8 Å². The molecule has 0 bridgehead atoms. The van der Waals surface area contributed by atoms with Crippen LogP contribution in [-0.2, 0) is 11.3 Å². The third-order valence-electron chi connectivity index (χ3n) is 3.04. The zero-order chi connectivity index (χ0) is 16.5. The molecule has 6 heteroatoms. The number of carbonyl (C=O) groups is 1. The molecule has 1 heterocycles. The standard InChI is InChI=1S/C17H20ClNO4/c1-2-21-11-3-10-19-17(20)16-9-8-15(23-16)12-22-14-6-4-13(18)5-7-14/h4-9H,2-3,10-12H2,1H3,(H,19,20). The average molecular weight is 338 g/mol. The first-order valence-corrected chi connectivity index (χ1v) is 7.90. The molecule has 0 aliphatic rings. The smallest absolute Gasteiger partial charge is 0.286 e. The highest BCUT2D eigenvalue weighted by molar-refractivity contribution is 6.30. The molecule has 1 aromatic carbocycles. The van der Waals surface area contributed by atoms with Crippen LogP contribution in [0.4, 0.5) is 0 Å². The molecule has 0 spiro atoms. The Kier molecular flexibility index (Phi) is 6.97. The van der Waals surface area contributed by atoms with Gasteiger partial charge in [0.05, 0.1) is 0 Å². The Balaban J connectivity index is 1.76. The summed E-state index contributed by atoms with van der Waals surface area (Å²) in [6, 6.07) is 10.4. The number of halogens is 1. The fourth-order valence-electron chi connectivity index (χ4n) is 1.87. The van der Waals surface area contributed by atoms with Crippen molar-refractivity contribution in [2.24, 2.45) is 0 Å². The third-order valence-corrected chi connectivity index (χ3v) is 3.29. The minimum absolute atomic E-state index is 0.237. The van der Waals surface area contributed by atoms with Gasteiger partial charge in [0.25, 0.3) is 5.91 Å². The van der Waals surface area contributed by atoms with E-state index in [9.17, 15) is 4.79 Å². The van der Waals surface area contributed by atoms with Crippen molar-refractivity contribution >= 4 is 17.5 Å². The number of rotatable bonds is 9. The molecule has 0 atom stereocenters. The zero-order valence-corrected chi connectivity index (χ0v) is 13.8. The summed E-state index contributed by atoms with van der Waals surface area (Å²) in [6.07, 6.45) is 0.771. The summed E-state index contributed by atoms with van der Waals surface area (Å²) >= 11 is 5.81. The van der Waals surface area contributed by atoms with Gasteiger partial charge in [-0.2, -0.15) is 0 Å². The fourth-order valence-corrected chi connectivity index (χ4v) is 2.00. The van der Waals surface area contributed by atoms with Crippen LogP contribution < -0.4 is 10.1 Å². The summed E-state index contributed by atoms with van der Waals surface area (Å²) in [5.41, 5.74) is 0. The topological polar surface area (TPSA) is 60.7 Å². The molecule has 1 amide bonds. The summed E-state index contributed by atoms with van der Waals surface area (Å²) in [5.74, 6) is 1.31. The zero-order valence-electron chi connectivity index (χ0n) is 13.0. The molecule has 2 aromatic rings.